The van der Waals surface area contributed by atoms with Gasteiger partial charge in [-0.05, 0) is 61.9 Å². The van der Waals surface area contributed by atoms with E-state index in [-0.39, 0.29) is 5.56 Å². The molecule has 1 aliphatic heterocycles. The number of H-pyrrole nitrogens is 2. The molecule has 34 heavy (non-hydrogen) atoms. The van der Waals surface area contributed by atoms with Gasteiger partial charge in [0.2, 0.25) is 0 Å². The van der Waals surface area contributed by atoms with Crippen molar-refractivity contribution in [3.05, 3.63) is 75.2 Å². The fourth-order valence-electron chi connectivity index (χ4n) is 4.53. The van der Waals surface area contributed by atoms with Crippen LogP contribution < -0.4 is 15.8 Å². The maximum atomic E-state index is 12.8. The molecule has 2 aromatic heterocycles. The van der Waals surface area contributed by atoms with Gasteiger partial charge in [0.25, 0.3) is 5.56 Å². The first-order chi connectivity index (χ1) is 16.5. The van der Waals surface area contributed by atoms with Crippen LogP contribution >= 0.6 is 11.6 Å². The molecule has 0 unspecified atom stereocenters. The number of likely N-dealkylation sites (N-methyl/N-ethyl adjacent to an activating group) is 1. The van der Waals surface area contributed by atoms with Gasteiger partial charge in [0.15, 0.2) is 0 Å². The van der Waals surface area contributed by atoms with Crippen LogP contribution in [0.2, 0.25) is 5.02 Å². The Balaban J connectivity index is 1.42. The number of nitrogens with one attached hydrogen (secondary N) is 3. The first-order valence-electron chi connectivity index (χ1n) is 11.6. The van der Waals surface area contributed by atoms with Crippen LogP contribution in [0.3, 0.4) is 0 Å². The molecule has 0 saturated carbocycles. The Morgan fingerprint density at radius 2 is 1.94 bits per heavy atom. The Labute approximate surface area is 203 Å². The lowest BCUT2D eigenvalue weighted by molar-refractivity contribution is 0.313. The average Bonchev–Trinajstić information content (AvgIpc) is 3.24. The largest absolute Gasteiger partial charge is 0.384 e. The van der Waals surface area contributed by atoms with Crippen molar-refractivity contribution in [2.75, 3.05) is 50.0 Å². The van der Waals surface area contributed by atoms with Crippen LogP contribution in [0.15, 0.2) is 53.5 Å². The molecule has 3 N–H and O–H groups in total. The molecule has 0 spiro atoms. The predicted molar refractivity (Wildman–Crippen MR) is 140 cm³/mol. The van der Waals surface area contributed by atoms with Crippen LogP contribution in [0.5, 0.6) is 0 Å². The molecule has 3 heterocycles. The predicted octanol–water partition coefficient (Wildman–Crippen LogP) is 4.29. The summed E-state index contributed by atoms with van der Waals surface area (Å²) < 4.78 is 0. The number of aromatic amines is 2. The quantitative estimate of drug-likeness (QED) is 0.387. The molecule has 2 aromatic carbocycles. The highest BCUT2D eigenvalue weighted by atomic mass is 35.5. The molecule has 0 amide bonds. The zero-order valence-electron chi connectivity index (χ0n) is 19.5. The maximum Gasteiger partial charge on any atom is 0.261 e. The van der Waals surface area contributed by atoms with Crippen LogP contribution in [0.1, 0.15) is 11.1 Å². The van der Waals surface area contributed by atoms with Gasteiger partial charge in [0, 0.05) is 49.6 Å². The Bertz CT molecular complexity index is 1370. The van der Waals surface area contributed by atoms with Gasteiger partial charge in [-0.15, -0.1) is 0 Å². The number of anilines is 2. The number of pyridine rings is 1. The number of halogens is 1. The summed E-state index contributed by atoms with van der Waals surface area (Å²) in [6.07, 6.45) is 2.45. The minimum atomic E-state index is -0.177. The Morgan fingerprint density at radius 3 is 2.74 bits per heavy atom. The third-order valence-electron chi connectivity index (χ3n) is 6.45. The van der Waals surface area contributed by atoms with Crippen molar-refractivity contribution in [3.63, 3.8) is 0 Å². The number of rotatable bonds is 6. The third kappa shape index (κ3) is 4.67. The van der Waals surface area contributed by atoms with Crippen LogP contribution in [-0.4, -0.2) is 59.6 Å². The van der Waals surface area contributed by atoms with Gasteiger partial charge < -0.3 is 25.1 Å². The van der Waals surface area contributed by atoms with Gasteiger partial charge in [-0.25, -0.2) is 4.98 Å². The molecule has 0 radical (unpaired) electrons. The van der Waals surface area contributed by atoms with E-state index in [0.29, 0.717) is 17.9 Å². The first-order valence-corrected chi connectivity index (χ1v) is 12.0. The molecule has 1 saturated heterocycles. The molecule has 7 nitrogen and oxygen atoms in total. The summed E-state index contributed by atoms with van der Waals surface area (Å²) in [5.41, 5.74) is 6.35. The van der Waals surface area contributed by atoms with E-state index in [1.54, 1.807) is 6.20 Å². The Hall–Kier alpha value is -3.29. The zero-order chi connectivity index (χ0) is 23.7. The van der Waals surface area contributed by atoms with E-state index < -0.39 is 0 Å². The van der Waals surface area contributed by atoms with E-state index in [1.165, 1.54) is 5.69 Å². The van der Waals surface area contributed by atoms with E-state index in [1.807, 2.05) is 30.3 Å². The number of hydrogen-bond acceptors (Lipinski definition) is 5. The van der Waals surface area contributed by atoms with Gasteiger partial charge in [-0.1, -0.05) is 23.7 Å². The standard InChI is InChI=1S/C26H29ClN6O/c1-17-14-20(33-12-10-32(2)11-13-33)16-22-24(17)31-25(30-22)23-21(7-9-29-26(23)34)28-8-6-18-4-3-5-19(27)15-18/h3-5,7,9,14-16H,6,8,10-13H2,1-2H3,(H,30,31)(H2,28,29,34). The molecule has 4 aromatic rings. The third-order valence-corrected chi connectivity index (χ3v) is 6.68. The highest BCUT2D eigenvalue weighted by molar-refractivity contribution is 6.30. The number of aryl methyl sites for hydroxylation is 1. The normalized spacial score (nSPS) is 14.6. The molecular formula is C26H29ClN6O. The summed E-state index contributed by atoms with van der Waals surface area (Å²) in [7, 11) is 2.16. The lowest BCUT2D eigenvalue weighted by Crippen LogP contribution is -2.44. The second kappa shape index (κ2) is 9.52. The van der Waals surface area contributed by atoms with Crippen molar-refractivity contribution in [1.82, 2.24) is 19.9 Å². The molecule has 0 atom stereocenters. The SMILES string of the molecule is Cc1cc(N2CCN(C)CC2)cc2[nH]c(-c3c(NCCc4cccc(Cl)c4)cc[nH]c3=O)nc12. The molecule has 0 aliphatic carbocycles. The summed E-state index contributed by atoms with van der Waals surface area (Å²) >= 11 is 6.10. The van der Waals surface area contributed by atoms with Crippen molar-refractivity contribution >= 4 is 34.0 Å². The van der Waals surface area contributed by atoms with Gasteiger partial charge in [-0.2, -0.15) is 0 Å². The minimum absolute atomic E-state index is 0.177. The van der Waals surface area contributed by atoms with E-state index in [4.69, 9.17) is 16.6 Å². The Kier molecular flexibility index (Phi) is 6.30. The number of fused-ring (bicyclic) bond motifs is 1. The van der Waals surface area contributed by atoms with E-state index in [9.17, 15) is 4.79 Å². The van der Waals surface area contributed by atoms with Crippen molar-refractivity contribution in [2.45, 2.75) is 13.3 Å². The number of benzene rings is 2. The van der Waals surface area contributed by atoms with Crippen LogP contribution in [0.4, 0.5) is 11.4 Å². The monoisotopic (exact) mass is 476 g/mol. The molecule has 1 fully saturated rings. The number of nitrogens with zero attached hydrogens (tertiary/aromatic N) is 3. The van der Waals surface area contributed by atoms with Crippen LogP contribution in [0, 0.1) is 6.92 Å². The van der Waals surface area contributed by atoms with Crippen molar-refractivity contribution < 1.29 is 0 Å². The lowest BCUT2D eigenvalue weighted by Gasteiger charge is -2.34. The Morgan fingerprint density at radius 1 is 1.12 bits per heavy atom. The van der Waals surface area contributed by atoms with Gasteiger partial charge in [-0.3, -0.25) is 4.79 Å². The average molecular weight is 477 g/mol. The van der Waals surface area contributed by atoms with Gasteiger partial charge in [0.1, 0.15) is 11.4 Å². The molecule has 5 rings (SSSR count). The first kappa shape index (κ1) is 22.5. The fraction of sp³-hybridized carbons (Fsp3) is 0.308. The second-order valence-electron chi connectivity index (χ2n) is 8.94. The lowest BCUT2D eigenvalue weighted by atomic mass is 10.1. The number of piperazine rings is 1. The summed E-state index contributed by atoms with van der Waals surface area (Å²) in [6.45, 7) is 6.85. The second-order valence-corrected chi connectivity index (χ2v) is 9.37. The van der Waals surface area contributed by atoms with Gasteiger partial charge in [0.05, 0.1) is 16.7 Å². The highest BCUT2D eigenvalue weighted by Crippen LogP contribution is 2.29. The smallest absolute Gasteiger partial charge is 0.261 e. The van der Waals surface area contributed by atoms with Crippen LogP contribution in [-0.2, 0) is 6.42 Å². The van der Waals surface area contributed by atoms with Gasteiger partial charge >= 0.3 is 0 Å². The highest BCUT2D eigenvalue weighted by Gasteiger charge is 2.19. The van der Waals surface area contributed by atoms with Crippen molar-refractivity contribution in [1.29, 1.82) is 0 Å². The fourth-order valence-corrected chi connectivity index (χ4v) is 4.74. The summed E-state index contributed by atoms with van der Waals surface area (Å²) in [6, 6.07) is 14.0. The maximum absolute atomic E-state index is 12.8. The molecule has 0 bridgehead atoms. The van der Waals surface area contributed by atoms with Crippen molar-refractivity contribution in [3.8, 4) is 11.4 Å². The van der Waals surface area contributed by atoms with E-state index in [2.05, 4.69) is 51.2 Å². The van der Waals surface area contributed by atoms with Crippen molar-refractivity contribution in [2.24, 2.45) is 0 Å². The summed E-state index contributed by atoms with van der Waals surface area (Å²) in [4.78, 5) is 28.6. The minimum Gasteiger partial charge on any atom is -0.384 e. The topological polar surface area (TPSA) is 80.0 Å². The zero-order valence-corrected chi connectivity index (χ0v) is 20.2. The molecule has 1 aliphatic rings. The molecular weight excluding hydrogens is 448 g/mol. The molecule has 176 valence electrons. The van der Waals surface area contributed by atoms with Crippen LogP contribution in [0.25, 0.3) is 22.4 Å². The number of imidazole rings is 1. The van der Waals surface area contributed by atoms with E-state index >= 15 is 0 Å². The number of hydrogen-bond donors (Lipinski definition) is 3. The number of aromatic nitrogens is 3. The summed E-state index contributed by atoms with van der Waals surface area (Å²) in [5, 5.41) is 4.14. The van der Waals surface area contributed by atoms with E-state index in [0.717, 1.165) is 65.5 Å². The molecule has 8 heteroatoms. The summed E-state index contributed by atoms with van der Waals surface area (Å²) in [5.74, 6) is 0.570.